The minimum atomic E-state index is 0.695. The standard InChI is InChI=1S/C12H15N3/c1-15(2)12-10(8-13)7-9-5-3-4-6-11(9)14-12/h7H,3-6H2,1-2H3. The molecule has 0 spiro atoms. The zero-order valence-electron chi connectivity index (χ0n) is 9.25. The van der Waals surface area contributed by atoms with E-state index in [1.165, 1.54) is 24.1 Å². The number of nitrogens with zero attached hydrogens (tertiary/aromatic N) is 3. The SMILES string of the molecule is CN(C)c1nc2c(cc1C#N)CCCC2. The Morgan fingerprint density at radius 3 is 2.73 bits per heavy atom. The van der Waals surface area contributed by atoms with Crippen LogP contribution < -0.4 is 4.90 Å². The van der Waals surface area contributed by atoms with Crippen LogP contribution in [0.2, 0.25) is 0 Å². The first-order valence-corrected chi connectivity index (χ1v) is 5.32. The predicted octanol–water partition coefficient (Wildman–Crippen LogP) is 1.90. The fourth-order valence-electron chi connectivity index (χ4n) is 2.05. The molecule has 0 amide bonds. The molecular weight excluding hydrogens is 186 g/mol. The Morgan fingerprint density at radius 1 is 1.33 bits per heavy atom. The third-order valence-corrected chi connectivity index (χ3v) is 2.82. The van der Waals surface area contributed by atoms with Gasteiger partial charge in [-0.1, -0.05) is 0 Å². The van der Waals surface area contributed by atoms with Crippen molar-refractivity contribution in [2.45, 2.75) is 25.7 Å². The summed E-state index contributed by atoms with van der Waals surface area (Å²) in [7, 11) is 3.86. The van der Waals surface area contributed by atoms with E-state index in [9.17, 15) is 0 Å². The molecule has 1 heterocycles. The quantitative estimate of drug-likeness (QED) is 0.696. The van der Waals surface area contributed by atoms with Crippen molar-refractivity contribution >= 4 is 5.82 Å². The van der Waals surface area contributed by atoms with Gasteiger partial charge in [0.25, 0.3) is 0 Å². The molecule has 3 heteroatoms. The number of nitriles is 1. The Kier molecular flexibility index (Phi) is 2.59. The van der Waals surface area contributed by atoms with Gasteiger partial charge in [-0.2, -0.15) is 5.26 Å². The number of aryl methyl sites for hydroxylation is 2. The Hall–Kier alpha value is -1.56. The summed E-state index contributed by atoms with van der Waals surface area (Å²) < 4.78 is 0. The van der Waals surface area contributed by atoms with Gasteiger partial charge in [0.2, 0.25) is 0 Å². The second kappa shape index (κ2) is 3.90. The van der Waals surface area contributed by atoms with Crippen LogP contribution in [-0.2, 0) is 12.8 Å². The van der Waals surface area contributed by atoms with Gasteiger partial charge in [0, 0.05) is 19.8 Å². The van der Waals surface area contributed by atoms with E-state index < -0.39 is 0 Å². The van der Waals surface area contributed by atoms with Crippen molar-refractivity contribution in [2.24, 2.45) is 0 Å². The summed E-state index contributed by atoms with van der Waals surface area (Å²) in [6.45, 7) is 0. The fraction of sp³-hybridized carbons (Fsp3) is 0.500. The molecule has 0 aliphatic heterocycles. The highest BCUT2D eigenvalue weighted by Crippen LogP contribution is 2.25. The lowest BCUT2D eigenvalue weighted by molar-refractivity contribution is 0.667. The Morgan fingerprint density at radius 2 is 2.07 bits per heavy atom. The number of aromatic nitrogens is 1. The van der Waals surface area contributed by atoms with E-state index in [2.05, 4.69) is 11.1 Å². The molecular formula is C12H15N3. The maximum absolute atomic E-state index is 9.05. The molecule has 0 saturated heterocycles. The van der Waals surface area contributed by atoms with Crippen LogP contribution in [-0.4, -0.2) is 19.1 Å². The van der Waals surface area contributed by atoms with Gasteiger partial charge in [-0.25, -0.2) is 4.98 Å². The van der Waals surface area contributed by atoms with E-state index in [0.717, 1.165) is 18.7 Å². The normalized spacial score (nSPS) is 14.2. The molecule has 78 valence electrons. The Balaban J connectivity index is 2.52. The van der Waals surface area contributed by atoms with Crippen LogP contribution in [0, 0.1) is 11.3 Å². The van der Waals surface area contributed by atoms with Crippen LogP contribution in [0.15, 0.2) is 6.07 Å². The second-order valence-electron chi connectivity index (χ2n) is 4.18. The number of pyridine rings is 1. The maximum Gasteiger partial charge on any atom is 0.146 e. The first kappa shape index (κ1) is 9.97. The van der Waals surface area contributed by atoms with Gasteiger partial charge in [-0.3, -0.25) is 0 Å². The largest absolute Gasteiger partial charge is 0.362 e. The van der Waals surface area contributed by atoms with Gasteiger partial charge >= 0.3 is 0 Å². The minimum Gasteiger partial charge on any atom is -0.362 e. The first-order chi connectivity index (χ1) is 7.22. The Bertz CT molecular complexity index is 416. The van der Waals surface area contributed by atoms with Crippen molar-refractivity contribution in [3.05, 3.63) is 22.9 Å². The molecule has 0 fully saturated rings. The smallest absolute Gasteiger partial charge is 0.146 e. The van der Waals surface area contributed by atoms with Gasteiger partial charge in [0.15, 0.2) is 0 Å². The summed E-state index contributed by atoms with van der Waals surface area (Å²) in [5, 5.41) is 9.05. The van der Waals surface area contributed by atoms with Crippen LogP contribution in [0.4, 0.5) is 5.82 Å². The van der Waals surface area contributed by atoms with E-state index in [1.54, 1.807) is 0 Å². The third-order valence-electron chi connectivity index (χ3n) is 2.82. The van der Waals surface area contributed by atoms with E-state index in [1.807, 2.05) is 25.1 Å². The van der Waals surface area contributed by atoms with Crippen molar-refractivity contribution in [3.8, 4) is 6.07 Å². The summed E-state index contributed by atoms with van der Waals surface area (Å²) in [5.41, 5.74) is 3.15. The topological polar surface area (TPSA) is 39.9 Å². The van der Waals surface area contributed by atoms with Crippen molar-refractivity contribution < 1.29 is 0 Å². The zero-order chi connectivity index (χ0) is 10.8. The summed E-state index contributed by atoms with van der Waals surface area (Å²) >= 11 is 0. The number of rotatable bonds is 1. The van der Waals surface area contributed by atoms with Crippen molar-refractivity contribution in [1.82, 2.24) is 4.98 Å². The maximum atomic E-state index is 9.05. The molecule has 3 nitrogen and oxygen atoms in total. The molecule has 0 bridgehead atoms. The van der Waals surface area contributed by atoms with Crippen molar-refractivity contribution in [1.29, 1.82) is 5.26 Å². The lowest BCUT2D eigenvalue weighted by atomic mass is 9.95. The zero-order valence-corrected chi connectivity index (χ0v) is 9.25. The van der Waals surface area contributed by atoms with E-state index in [4.69, 9.17) is 5.26 Å². The third kappa shape index (κ3) is 1.80. The molecule has 1 aliphatic rings. The molecule has 0 N–H and O–H groups in total. The predicted molar refractivity (Wildman–Crippen MR) is 59.9 cm³/mol. The average Bonchev–Trinajstić information content (AvgIpc) is 2.27. The molecule has 0 unspecified atom stereocenters. The molecule has 1 aromatic heterocycles. The van der Waals surface area contributed by atoms with Crippen LogP contribution >= 0.6 is 0 Å². The lowest BCUT2D eigenvalue weighted by Crippen LogP contribution is -2.16. The number of fused-ring (bicyclic) bond motifs is 1. The van der Waals surface area contributed by atoms with Gasteiger partial charge < -0.3 is 4.90 Å². The van der Waals surface area contributed by atoms with Crippen molar-refractivity contribution in [3.63, 3.8) is 0 Å². The molecule has 0 atom stereocenters. The summed E-state index contributed by atoms with van der Waals surface area (Å²) in [6, 6.07) is 4.23. The van der Waals surface area contributed by atoms with Crippen molar-refractivity contribution in [2.75, 3.05) is 19.0 Å². The number of hydrogen-bond donors (Lipinski definition) is 0. The monoisotopic (exact) mass is 201 g/mol. The molecule has 0 aromatic carbocycles. The molecule has 2 rings (SSSR count). The van der Waals surface area contributed by atoms with Gasteiger partial charge in [-0.05, 0) is 37.3 Å². The summed E-state index contributed by atoms with van der Waals surface area (Å²) in [4.78, 5) is 6.50. The number of hydrogen-bond acceptors (Lipinski definition) is 3. The minimum absolute atomic E-state index is 0.695. The molecule has 1 aromatic rings. The average molecular weight is 201 g/mol. The van der Waals surface area contributed by atoms with E-state index in [0.29, 0.717) is 5.56 Å². The lowest BCUT2D eigenvalue weighted by Gasteiger charge is -2.19. The molecule has 1 aliphatic carbocycles. The molecule has 0 saturated carbocycles. The highest BCUT2D eigenvalue weighted by atomic mass is 15.1. The van der Waals surface area contributed by atoms with Crippen LogP contribution in [0.1, 0.15) is 29.7 Å². The highest BCUT2D eigenvalue weighted by molar-refractivity contribution is 5.55. The van der Waals surface area contributed by atoms with E-state index in [-0.39, 0.29) is 0 Å². The fourth-order valence-corrected chi connectivity index (χ4v) is 2.05. The summed E-state index contributed by atoms with van der Waals surface area (Å²) in [6.07, 6.45) is 4.58. The number of anilines is 1. The second-order valence-corrected chi connectivity index (χ2v) is 4.18. The van der Waals surface area contributed by atoms with Crippen LogP contribution in [0.3, 0.4) is 0 Å². The summed E-state index contributed by atoms with van der Waals surface area (Å²) in [5.74, 6) is 0.804. The van der Waals surface area contributed by atoms with Crippen LogP contribution in [0.25, 0.3) is 0 Å². The highest BCUT2D eigenvalue weighted by Gasteiger charge is 2.15. The van der Waals surface area contributed by atoms with Gasteiger partial charge in [-0.15, -0.1) is 0 Å². The first-order valence-electron chi connectivity index (χ1n) is 5.32. The Labute approximate surface area is 90.4 Å². The molecule has 0 radical (unpaired) electrons. The van der Waals surface area contributed by atoms with Crippen LogP contribution in [0.5, 0.6) is 0 Å². The molecule has 15 heavy (non-hydrogen) atoms. The van der Waals surface area contributed by atoms with Gasteiger partial charge in [0.05, 0.1) is 5.56 Å². The van der Waals surface area contributed by atoms with E-state index >= 15 is 0 Å². The van der Waals surface area contributed by atoms with Gasteiger partial charge in [0.1, 0.15) is 11.9 Å².